The first-order valence-corrected chi connectivity index (χ1v) is 11.2. The van der Waals surface area contributed by atoms with Crippen LogP contribution in [0.5, 0.6) is 11.5 Å². The molecule has 4 rings (SSSR count). The fourth-order valence-electron chi connectivity index (χ4n) is 3.90. The lowest BCUT2D eigenvalue weighted by molar-refractivity contribution is -0.137. The molecule has 3 aromatic carbocycles. The first-order chi connectivity index (χ1) is 17.9. The topological polar surface area (TPSA) is 106 Å². The second-order valence-electron chi connectivity index (χ2n) is 8.16. The molecule has 1 aromatic heterocycles. The zero-order valence-electron chi connectivity index (χ0n) is 19.5. The molecule has 0 unspecified atom stereocenters. The highest BCUT2D eigenvalue weighted by atomic mass is 35.5. The van der Waals surface area contributed by atoms with Gasteiger partial charge in [-0.05, 0) is 48.4 Å². The van der Waals surface area contributed by atoms with Crippen molar-refractivity contribution in [1.29, 1.82) is 5.26 Å². The average Bonchev–Trinajstić information content (AvgIpc) is 3.14. The smallest absolute Gasteiger partial charge is 0.416 e. The van der Waals surface area contributed by atoms with Crippen molar-refractivity contribution in [2.75, 3.05) is 11.1 Å². The second-order valence-corrected chi connectivity index (χ2v) is 8.57. The molecule has 4 aromatic rings. The number of hydrogen-bond donors (Lipinski definition) is 2. The number of aryl methyl sites for hydroxylation is 2. The predicted molar refractivity (Wildman–Crippen MR) is 130 cm³/mol. The number of halogens is 6. The van der Waals surface area contributed by atoms with Crippen LogP contribution in [0.3, 0.4) is 0 Å². The van der Waals surface area contributed by atoms with Crippen molar-refractivity contribution in [3.05, 3.63) is 75.8 Å². The fraction of sp³-hybridized carbons (Fsp3) is 0.160. The van der Waals surface area contributed by atoms with Gasteiger partial charge in [-0.2, -0.15) is 23.5 Å². The molecule has 13 heteroatoms. The van der Waals surface area contributed by atoms with E-state index in [1.54, 1.807) is 7.05 Å². The van der Waals surface area contributed by atoms with Crippen LogP contribution < -0.4 is 15.8 Å². The molecule has 0 aliphatic rings. The summed E-state index contributed by atoms with van der Waals surface area (Å²) < 4.78 is 74.8. The van der Waals surface area contributed by atoms with Crippen LogP contribution in [0.25, 0.3) is 10.9 Å². The lowest BCUT2D eigenvalue weighted by atomic mass is 10.0. The summed E-state index contributed by atoms with van der Waals surface area (Å²) in [5.41, 5.74) is 4.98. The molecule has 0 spiro atoms. The van der Waals surface area contributed by atoms with Gasteiger partial charge in [0.2, 0.25) is 0 Å². The molecule has 0 radical (unpaired) electrons. The van der Waals surface area contributed by atoms with E-state index in [4.69, 9.17) is 27.3 Å². The maximum absolute atomic E-state index is 14.0. The summed E-state index contributed by atoms with van der Waals surface area (Å²) in [6.45, 7) is 0. The number of nitrogens with zero attached hydrogens (tertiary/aromatic N) is 3. The molecule has 0 saturated heterocycles. The number of hydrogen-bond acceptors (Lipinski definition) is 5. The Kier molecular flexibility index (Phi) is 7.15. The van der Waals surface area contributed by atoms with Crippen molar-refractivity contribution >= 4 is 39.9 Å². The molecular formula is C25H17ClF5N5O2. The van der Waals surface area contributed by atoms with Crippen molar-refractivity contribution in [1.82, 2.24) is 9.78 Å². The predicted octanol–water partition coefficient (Wildman–Crippen LogP) is 6.61. The first-order valence-electron chi connectivity index (χ1n) is 10.9. The number of carbonyl (C=O) groups excluding carboxylic acids is 1. The molecule has 0 bridgehead atoms. The Labute approximate surface area is 217 Å². The van der Waals surface area contributed by atoms with Gasteiger partial charge in [0, 0.05) is 25.1 Å². The number of rotatable bonds is 6. The number of carbonyl (C=O) groups is 1. The average molecular weight is 550 g/mol. The van der Waals surface area contributed by atoms with Crippen molar-refractivity contribution in [2.45, 2.75) is 19.0 Å². The molecule has 196 valence electrons. The zero-order valence-corrected chi connectivity index (χ0v) is 20.2. The van der Waals surface area contributed by atoms with Gasteiger partial charge in [-0.25, -0.2) is 8.78 Å². The number of nitriles is 1. The van der Waals surface area contributed by atoms with Crippen LogP contribution >= 0.6 is 11.6 Å². The maximum atomic E-state index is 14.0. The molecular weight excluding hydrogens is 533 g/mol. The highest BCUT2D eigenvalue weighted by molar-refractivity contribution is 6.32. The molecule has 7 nitrogen and oxygen atoms in total. The van der Waals surface area contributed by atoms with Crippen molar-refractivity contribution in [3.63, 3.8) is 0 Å². The monoisotopic (exact) mass is 549 g/mol. The summed E-state index contributed by atoms with van der Waals surface area (Å²) in [5, 5.41) is 15.9. The molecule has 0 atom stereocenters. The Hall–Kier alpha value is -4.37. The second kappa shape index (κ2) is 10.2. The Bertz CT molecular complexity index is 1610. The molecule has 3 N–H and O–H groups in total. The highest BCUT2D eigenvalue weighted by Gasteiger charge is 2.32. The van der Waals surface area contributed by atoms with Crippen molar-refractivity contribution in [3.8, 4) is 17.6 Å². The van der Waals surface area contributed by atoms with E-state index in [1.165, 1.54) is 16.8 Å². The van der Waals surface area contributed by atoms with Gasteiger partial charge in [0.1, 0.15) is 17.4 Å². The minimum absolute atomic E-state index is 0.00722. The molecule has 0 aliphatic carbocycles. The molecule has 1 amide bonds. The third-order valence-corrected chi connectivity index (χ3v) is 5.83. The van der Waals surface area contributed by atoms with E-state index in [2.05, 4.69) is 10.4 Å². The largest absolute Gasteiger partial charge is 0.453 e. The number of fused-ring (bicyclic) bond motifs is 1. The third-order valence-electron chi connectivity index (χ3n) is 5.52. The van der Waals surface area contributed by atoms with Crippen molar-refractivity contribution in [2.24, 2.45) is 7.05 Å². The van der Waals surface area contributed by atoms with E-state index in [0.29, 0.717) is 23.2 Å². The molecule has 0 fully saturated rings. The van der Waals surface area contributed by atoms with Gasteiger partial charge in [0.15, 0.2) is 11.6 Å². The normalized spacial score (nSPS) is 11.4. The standard InChI is InChI=1S/C25H17ClF5N5O2/c1-36-21-12(3-2-6-32)9-18(34-24(37)13-7-14(25(29,30)31)10-16(28)8-13)22(20(21)23(33)35-36)38-19-11-15(27)4-5-17(19)26/h4-5,7-11H,2-3H2,1H3,(H2,33,35)(H,34,37). The van der Waals surface area contributed by atoms with Crippen LogP contribution in [0.1, 0.15) is 27.9 Å². The molecule has 0 aliphatic heterocycles. The van der Waals surface area contributed by atoms with Gasteiger partial charge in [-0.3, -0.25) is 9.48 Å². The number of amides is 1. The number of nitrogens with one attached hydrogen (secondary N) is 1. The Morgan fingerprint density at radius 2 is 1.92 bits per heavy atom. The summed E-state index contributed by atoms with van der Waals surface area (Å²) in [4.78, 5) is 13.0. The van der Waals surface area contributed by atoms with E-state index in [9.17, 15) is 26.7 Å². The first kappa shape index (κ1) is 26.7. The summed E-state index contributed by atoms with van der Waals surface area (Å²) in [6, 6.07) is 8.14. The lowest BCUT2D eigenvalue weighted by Crippen LogP contribution is -2.15. The molecule has 0 saturated carbocycles. The van der Waals surface area contributed by atoms with E-state index >= 15 is 0 Å². The van der Waals surface area contributed by atoms with Crippen LogP contribution in [-0.4, -0.2) is 15.7 Å². The number of aromatic nitrogens is 2. The Balaban J connectivity index is 1.90. The fourth-order valence-corrected chi connectivity index (χ4v) is 4.06. The van der Waals surface area contributed by atoms with Gasteiger partial charge in [0.05, 0.1) is 33.2 Å². The number of nitrogens with two attached hydrogens (primary N) is 1. The Morgan fingerprint density at radius 1 is 1.18 bits per heavy atom. The summed E-state index contributed by atoms with van der Waals surface area (Å²) in [5.74, 6) is -3.39. The minimum atomic E-state index is -4.90. The minimum Gasteiger partial charge on any atom is -0.453 e. The highest BCUT2D eigenvalue weighted by Crippen LogP contribution is 2.44. The lowest BCUT2D eigenvalue weighted by Gasteiger charge is -2.17. The van der Waals surface area contributed by atoms with E-state index in [1.807, 2.05) is 6.07 Å². The van der Waals surface area contributed by atoms with E-state index < -0.39 is 34.8 Å². The van der Waals surface area contributed by atoms with Gasteiger partial charge in [0.25, 0.3) is 5.91 Å². The quantitative estimate of drug-likeness (QED) is 0.263. The number of alkyl halides is 3. The maximum Gasteiger partial charge on any atom is 0.416 e. The van der Waals surface area contributed by atoms with E-state index in [0.717, 1.165) is 12.1 Å². The van der Waals surface area contributed by atoms with Gasteiger partial charge in [-0.1, -0.05) is 11.6 Å². The van der Waals surface area contributed by atoms with Gasteiger partial charge >= 0.3 is 6.18 Å². The zero-order chi connectivity index (χ0) is 27.8. The van der Waals surface area contributed by atoms with E-state index in [-0.39, 0.29) is 52.3 Å². The number of benzene rings is 3. The van der Waals surface area contributed by atoms with Crippen LogP contribution in [0.15, 0.2) is 42.5 Å². The van der Waals surface area contributed by atoms with Crippen LogP contribution in [-0.2, 0) is 19.6 Å². The molecule has 38 heavy (non-hydrogen) atoms. The van der Waals surface area contributed by atoms with Crippen molar-refractivity contribution < 1.29 is 31.5 Å². The number of anilines is 2. The SMILES string of the molecule is Cn1nc(N)c2c(Oc3cc(F)ccc3Cl)c(NC(=O)c3cc(F)cc(C(F)(F)F)c3)cc(CCC#N)c21. The van der Waals surface area contributed by atoms with Gasteiger partial charge < -0.3 is 15.8 Å². The summed E-state index contributed by atoms with van der Waals surface area (Å²) >= 11 is 6.16. The third kappa shape index (κ3) is 5.33. The summed E-state index contributed by atoms with van der Waals surface area (Å²) in [6.07, 6.45) is -4.64. The summed E-state index contributed by atoms with van der Waals surface area (Å²) in [7, 11) is 1.58. The van der Waals surface area contributed by atoms with Crippen LogP contribution in [0.2, 0.25) is 5.02 Å². The molecule has 1 heterocycles. The Morgan fingerprint density at radius 3 is 2.61 bits per heavy atom. The van der Waals surface area contributed by atoms with Gasteiger partial charge in [-0.15, -0.1) is 0 Å². The van der Waals surface area contributed by atoms with Crippen LogP contribution in [0.4, 0.5) is 33.5 Å². The van der Waals surface area contributed by atoms with Crippen LogP contribution in [0, 0.1) is 23.0 Å². The number of ether oxygens (including phenoxy) is 1. The number of nitrogen functional groups attached to an aromatic ring is 1.